The van der Waals surface area contributed by atoms with Gasteiger partial charge in [0, 0.05) is 6.42 Å². The van der Waals surface area contributed by atoms with Gasteiger partial charge >= 0.3 is 0 Å². The zero-order valence-corrected chi connectivity index (χ0v) is 30.2. The highest BCUT2D eigenvalue weighted by Gasteiger charge is 2.44. The first kappa shape index (κ1) is 44.7. The highest BCUT2D eigenvalue weighted by molar-refractivity contribution is 5.76. The van der Waals surface area contributed by atoms with Crippen molar-refractivity contribution < 1.29 is 39.8 Å². The molecule has 7 atom stereocenters. The van der Waals surface area contributed by atoms with Crippen LogP contribution < -0.4 is 5.32 Å². The summed E-state index contributed by atoms with van der Waals surface area (Å²) in [5.41, 5.74) is 0. The lowest BCUT2D eigenvalue weighted by atomic mass is 9.99. The first-order valence-corrected chi connectivity index (χ1v) is 18.7. The van der Waals surface area contributed by atoms with Gasteiger partial charge in [0.25, 0.3) is 0 Å². The van der Waals surface area contributed by atoms with Gasteiger partial charge < -0.3 is 40.3 Å². The number of carbonyl (C=O) groups excluding carboxylic acids is 1. The lowest BCUT2D eigenvalue weighted by Gasteiger charge is -2.40. The number of aliphatic hydroxyl groups excluding tert-OH is 5. The first-order valence-electron chi connectivity index (χ1n) is 18.7. The van der Waals surface area contributed by atoms with Crippen LogP contribution in [0.15, 0.2) is 72.9 Å². The first-order chi connectivity index (χ1) is 23.8. The second-order valence-electron chi connectivity index (χ2n) is 12.6. The minimum Gasteiger partial charge on any atom is -0.394 e. The fraction of sp³-hybridized carbons (Fsp3) is 0.675. The summed E-state index contributed by atoms with van der Waals surface area (Å²) in [6, 6.07) is -0.837. The van der Waals surface area contributed by atoms with Crippen LogP contribution in [0.5, 0.6) is 0 Å². The minimum atomic E-state index is -1.58. The van der Waals surface area contributed by atoms with E-state index in [0.717, 1.165) is 96.3 Å². The molecule has 7 unspecified atom stereocenters. The molecule has 0 aromatic carbocycles. The second-order valence-corrected chi connectivity index (χ2v) is 12.6. The van der Waals surface area contributed by atoms with Crippen LogP contribution in [0, 0.1) is 0 Å². The standard InChI is InChI=1S/C40H67NO8/c1-3-5-7-9-11-13-15-16-17-18-20-22-24-26-28-30-36(44)41-33(32-48-40-39(47)38(46)37(45)35(31-42)49-40)34(43)29-27-25-23-21-19-14-12-10-8-6-4-2/h5,7-8,10-11,13,16-17,19,21,27,29,33-35,37-40,42-43,45-47H,3-4,6,9,12,14-15,18,20,22-26,28,30-32H2,1-2H3,(H,41,44)/b7-5-,10-8+,13-11-,17-16-,21-19+,29-27+. The van der Waals surface area contributed by atoms with Crippen molar-refractivity contribution in [2.45, 2.75) is 159 Å². The highest BCUT2D eigenvalue weighted by Crippen LogP contribution is 2.22. The Labute approximate surface area is 296 Å². The Morgan fingerprint density at radius 2 is 1.29 bits per heavy atom. The summed E-state index contributed by atoms with van der Waals surface area (Å²) in [4.78, 5) is 12.8. The zero-order chi connectivity index (χ0) is 36.0. The molecule has 0 spiro atoms. The van der Waals surface area contributed by atoms with E-state index in [1.54, 1.807) is 6.08 Å². The van der Waals surface area contributed by atoms with Gasteiger partial charge in [-0.1, -0.05) is 112 Å². The molecule has 1 saturated heterocycles. The van der Waals surface area contributed by atoms with Crippen molar-refractivity contribution in [1.29, 1.82) is 0 Å². The Kier molecular flexibility index (Phi) is 27.8. The van der Waals surface area contributed by atoms with E-state index in [-0.39, 0.29) is 12.5 Å². The largest absolute Gasteiger partial charge is 0.394 e. The number of unbranched alkanes of at least 4 members (excludes halogenated alkanes) is 8. The van der Waals surface area contributed by atoms with Crippen molar-refractivity contribution in [3.05, 3.63) is 72.9 Å². The van der Waals surface area contributed by atoms with Crippen LogP contribution in [0.2, 0.25) is 0 Å². The molecule has 1 rings (SSSR count). The van der Waals surface area contributed by atoms with Crippen LogP contribution >= 0.6 is 0 Å². The zero-order valence-electron chi connectivity index (χ0n) is 30.2. The molecular weight excluding hydrogens is 622 g/mol. The Morgan fingerprint density at radius 1 is 0.714 bits per heavy atom. The van der Waals surface area contributed by atoms with Crippen LogP contribution in [0.3, 0.4) is 0 Å². The van der Waals surface area contributed by atoms with Gasteiger partial charge in [0.1, 0.15) is 24.4 Å². The molecule has 0 aliphatic carbocycles. The SMILES string of the molecule is CC/C=C\C/C=C\C/C=C\CCCCCCCC(=O)NC(COC1OC(CO)C(O)C(O)C1O)C(O)/C=C/CC/C=C/CC/C=C/CCC. The monoisotopic (exact) mass is 689 g/mol. The Morgan fingerprint density at radius 3 is 1.94 bits per heavy atom. The van der Waals surface area contributed by atoms with Crippen molar-refractivity contribution >= 4 is 5.91 Å². The minimum absolute atomic E-state index is 0.216. The normalized spacial score (nSPS) is 23.3. The van der Waals surface area contributed by atoms with Crippen molar-refractivity contribution in [1.82, 2.24) is 5.32 Å². The number of amides is 1. The van der Waals surface area contributed by atoms with Gasteiger partial charge in [-0.15, -0.1) is 0 Å². The molecule has 0 aromatic rings. The molecule has 0 bridgehead atoms. The number of rotatable bonds is 28. The molecule has 49 heavy (non-hydrogen) atoms. The third-order valence-electron chi connectivity index (χ3n) is 8.22. The average Bonchev–Trinajstić information content (AvgIpc) is 3.10. The van der Waals surface area contributed by atoms with E-state index < -0.39 is 49.5 Å². The van der Waals surface area contributed by atoms with E-state index in [9.17, 15) is 30.3 Å². The Hall–Kier alpha value is -2.37. The molecule has 1 aliphatic heterocycles. The molecule has 0 aromatic heterocycles. The number of aliphatic hydroxyl groups is 5. The molecule has 1 amide bonds. The van der Waals surface area contributed by atoms with Gasteiger partial charge in [-0.3, -0.25) is 4.79 Å². The fourth-order valence-electron chi connectivity index (χ4n) is 5.21. The van der Waals surface area contributed by atoms with Crippen LogP contribution in [0.25, 0.3) is 0 Å². The van der Waals surface area contributed by atoms with E-state index >= 15 is 0 Å². The number of nitrogens with one attached hydrogen (secondary N) is 1. The summed E-state index contributed by atoms with van der Waals surface area (Å²) in [5, 5.41) is 53.8. The van der Waals surface area contributed by atoms with E-state index in [2.05, 4.69) is 79.9 Å². The molecule has 0 saturated carbocycles. The summed E-state index contributed by atoms with van der Waals surface area (Å²) in [5.74, 6) is -0.216. The summed E-state index contributed by atoms with van der Waals surface area (Å²) in [6.45, 7) is 3.50. The smallest absolute Gasteiger partial charge is 0.220 e. The van der Waals surface area contributed by atoms with Gasteiger partial charge in [0.05, 0.1) is 25.4 Å². The predicted octanol–water partition coefficient (Wildman–Crippen LogP) is 6.27. The maximum absolute atomic E-state index is 12.8. The molecular formula is C40H67NO8. The van der Waals surface area contributed by atoms with E-state index in [4.69, 9.17) is 9.47 Å². The quantitative estimate of drug-likeness (QED) is 0.0416. The fourth-order valence-corrected chi connectivity index (χ4v) is 5.21. The molecule has 9 heteroatoms. The maximum Gasteiger partial charge on any atom is 0.220 e. The van der Waals surface area contributed by atoms with Gasteiger partial charge in [-0.25, -0.2) is 0 Å². The van der Waals surface area contributed by atoms with Crippen LogP contribution in [0.4, 0.5) is 0 Å². The lowest BCUT2D eigenvalue weighted by molar-refractivity contribution is -0.302. The summed E-state index contributed by atoms with van der Waals surface area (Å²) in [7, 11) is 0. The van der Waals surface area contributed by atoms with Gasteiger partial charge in [-0.05, 0) is 70.6 Å². The van der Waals surface area contributed by atoms with Gasteiger partial charge in [-0.2, -0.15) is 0 Å². The van der Waals surface area contributed by atoms with E-state index in [0.29, 0.717) is 6.42 Å². The van der Waals surface area contributed by atoms with Crippen molar-refractivity contribution in [3.63, 3.8) is 0 Å². The third kappa shape index (κ3) is 22.1. The van der Waals surface area contributed by atoms with Crippen LogP contribution in [-0.2, 0) is 14.3 Å². The third-order valence-corrected chi connectivity index (χ3v) is 8.22. The molecule has 280 valence electrons. The molecule has 1 fully saturated rings. The second kappa shape index (κ2) is 30.5. The number of allylic oxidation sites excluding steroid dienone is 11. The molecule has 6 N–H and O–H groups in total. The van der Waals surface area contributed by atoms with Crippen molar-refractivity contribution in [2.75, 3.05) is 13.2 Å². The van der Waals surface area contributed by atoms with Crippen molar-refractivity contribution in [3.8, 4) is 0 Å². The van der Waals surface area contributed by atoms with Gasteiger partial charge in [0.2, 0.25) is 5.91 Å². The Bertz CT molecular complexity index is 989. The topological polar surface area (TPSA) is 149 Å². The molecule has 1 heterocycles. The highest BCUT2D eigenvalue weighted by atomic mass is 16.7. The summed E-state index contributed by atoms with van der Waals surface area (Å²) < 4.78 is 11.1. The van der Waals surface area contributed by atoms with E-state index in [1.807, 2.05) is 6.08 Å². The van der Waals surface area contributed by atoms with Gasteiger partial charge in [0.15, 0.2) is 6.29 Å². The molecule has 0 radical (unpaired) electrons. The Balaban J connectivity index is 2.51. The summed E-state index contributed by atoms with van der Waals surface area (Å²) in [6.07, 6.45) is 32.3. The number of ether oxygens (including phenoxy) is 2. The lowest BCUT2D eigenvalue weighted by Crippen LogP contribution is -2.60. The van der Waals surface area contributed by atoms with Crippen molar-refractivity contribution in [2.24, 2.45) is 0 Å². The number of hydrogen-bond acceptors (Lipinski definition) is 8. The molecule has 1 aliphatic rings. The number of carbonyl (C=O) groups is 1. The van der Waals surface area contributed by atoms with E-state index in [1.165, 1.54) is 0 Å². The predicted molar refractivity (Wildman–Crippen MR) is 198 cm³/mol. The number of hydrogen-bond donors (Lipinski definition) is 6. The van der Waals surface area contributed by atoms with Crippen LogP contribution in [-0.4, -0.2) is 87.5 Å². The maximum atomic E-state index is 12.8. The van der Waals surface area contributed by atoms with Crippen LogP contribution in [0.1, 0.15) is 117 Å². The average molecular weight is 690 g/mol. The molecule has 9 nitrogen and oxygen atoms in total. The summed E-state index contributed by atoms with van der Waals surface area (Å²) >= 11 is 0.